The first-order chi connectivity index (χ1) is 13.5. The number of carbonyl (C=O) groups is 1. The van der Waals surface area contributed by atoms with Gasteiger partial charge in [0.2, 0.25) is 5.91 Å². The third kappa shape index (κ3) is 3.52. The lowest BCUT2D eigenvalue weighted by atomic mass is 9.96. The lowest BCUT2D eigenvalue weighted by molar-refractivity contribution is -0.120. The van der Waals surface area contributed by atoms with Crippen LogP contribution in [0.5, 0.6) is 5.75 Å². The number of anilines is 2. The van der Waals surface area contributed by atoms with Crippen molar-refractivity contribution in [3.05, 3.63) is 42.6 Å². The lowest BCUT2D eigenvalue weighted by Crippen LogP contribution is -2.38. The molecule has 0 atom stereocenters. The zero-order valence-electron chi connectivity index (χ0n) is 16.2. The van der Waals surface area contributed by atoms with Crippen LogP contribution in [0.15, 0.2) is 42.6 Å². The van der Waals surface area contributed by atoms with E-state index in [0.29, 0.717) is 5.52 Å². The average molecular weight is 379 g/mol. The third-order valence-corrected chi connectivity index (χ3v) is 5.28. The van der Waals surface area contributed by atoms with Gasteiger partial charge in [-0.1, -0.05) is 12.1 Å². The first-order valence-corrected chi connectivity index (χ1v) is 9.71. The molecule has 0 saturated carbocycles. The highest BCUT2D eigenvalue weighted by Crippen LogP contribution is 2.28. The summed E-state index contributed by atoms with van der Waals surface area (Å²) in [5.74, 6) is 1.79. The Morgan fingerprint density at radius 2 is 1.96 bits per heavy atom. The largest absolute Gasteiger partial charge is 0.506 e. The van der Waals surface area contributed by atoms with E-state index < -0.39 is 0 Å². The Kier molecular flexibility index (Phi) is 4.90. The number of benzene rings is 1. The summed E-state index contributed by atoms with van der Waals surface area (Å²) < 4.78 is 1.82. The minimum atomic E-state index is -0.0272. The predicted molar refractivity (Wildman–Crippen MR) is 110 cm³/mol. The average Bonchev–Trinajstić information content (AvgIpc) is 3.17. The molecular weight excluding hydrogens is 354 g/mol. The number of aromatic hydroxyl groups is 1. The molecule has 4 rings (SSSR count). The SMILES string of the molecule is CC(C)n1nccc1NC(=O)C1CCN(c2ccc3cccc(O)c3n2)CC1. The third-order valence-electron chi connectivity index (χ3n) is 5.28. The summed E-state index contributed by atoms with van der Waals surface area (Å²) in [7, 11) is 0. The van der Waals surface area contributed by atoms with Crippen LogP contribution < -0.4 is 10.2 Å². The molecule has 1 aliphatic heterocycles. The van der Waals surface area contributed by atoms with Crippen molar-refractivity contribution in [3.63, 3.8) is 0 Å². The highest BCUT2D eigenvalue weighted by atomic mass is 16.3. The second-order valence-corrected chi connectivity index (χ2v) is 7.52. The fourth-order valence-corrected chi connectivity index (χ4v) is 3.72. The molecule has 1 aliphatic rings. The molecule has 0 bridgehead atoms. The summed E-state index contributed by atoms with van der Waals surface area (Å²) >= 11 is 0. The van der Waals surface area contributed by atoms with Gasteiger partial charge < -0.3 is 15.3 Å². The van der Waals surface area contributed by atoms with Gasteiger partial charge >= 0.3 is 0 Å². The van der Waals surface area contributed by atoms with Crippen molar-refractivity contribution in [2.75, 3.05) is 23.3 Å². The second kappa shape index (κ2) is 7.50. The van der Waals surface area contributed by atoms with Crippen molar-refractivity contribution >= 4 is 28.4 Å². The molecule has 28 heavy (non-hydrogen) atoms. The number of carbonyl (C=O) groups excluding carboxylic acids is 1. The molecule has 7 nitrogen and oxygen atoms in total. The molecular formula is C21H25N5O2. The van der Waals surface area contributed by atoms with Gasteiger partial charge in [0, 0.05) is 36.5 Å². The maximum atomic E-state index is 12.7. The van der Waals surface area contributed by atoms with Crippen LogP contribution in [0.4, 0.5) is 11.6 Å². The van der Waals surface area contributed by atoms with E-state index in [1.165, 1.54) is 0 Å². The number of hydrogen-bond acceptors (Lipinski definition) is 5. The maximum absolute atomic E-state index is 12.7. The quantitative estimate of drug-likeness (QED) is 0.724. The first kappa shape index (κ1) is 18.3. The Balaban J connectivity index is 1.41. The van der Waals surface area contributed by atoms with Gasteiger partial charge in [-0.05, 0) is 44.9 Å². The van der Waals surface area contributed by atoms with Gasteiger partial charge in [-0.2, -0.15) is 5.10 Å². The topological polar surface area (TPSA) is 83.3 Å². The first-order valence-electron chi connectivity index (χ1n) is 9.71. The number of amides is 1. The van der Waals surface area contributed by atoms with Crippen LogP contribution in [-0.4, -0.2) is 38.9 Å². The van der Waals surface area contributed by atoms with Gasteiger partial charge in [0.25, 0.3) is 0 Å². The lowest BCUT2D eigenvalue weighted by Gasteiger charge is -2.32. The van der Waals surface area contributed by atoms with Gasteiger partial charge in [-0.15, -0.1) is 0 Å². The van der Waals surface area contributed by atoms with Crippen molar-refractivity contribution < 1.29 is 9.90 Å². The van der Waals surface area contributed by atoms with Crippen LogP contribution in [0, 0.1) is 5.92 Å². The van der Waals surface area contributed by atoms with Crippen molar-refractivity contribution in [2.24, 2.45) is 5.92 Å². The Morgan fingerprint density at radius 3 is 2.71 bits per heavy atom. The summed E-state index contributed by atoms with van der Waals surface area (Å²) in [4.78, 5) is 19.5. The van der Waals surface area contributed by atoms with Gasteiger partial charge in [0.05, 0.1) is 6.20 Å². The summed E-state index contributed by atoms with van der Waals surface area (Å²) in [6, 6.07) is 11.4. The van der Waals surface area contributed by atoms with Crippen LogP contribution >= 0.6 is 0 Å². The molecule has 0 aliphatic carbocycles. The minimum absolute atomic E-state index is 0.0272. The molecule has 1 fully saturated rings. The number of nitrogens with zero attached hydrogens (tertiary/aromatic N) is 4. The van der Waals surface area contributed by atoms with E-state index in [1.807, 2.05) is 48.9 Å². The Bertz CT molecular complexity index is 989. The number of hydrogen-bond donors (Lipinski definition) is 2. The summed E-state index contributed by atoms with van der Waals surface area (Å²) in [6.07, 6.45) is 3.24. The number of phenolic OH excluding ortho intramolecular Hbond substituents is 1. The fraction of sp³-hybridized carbons (Fsp3) is 0.381. The highest BCUT2D eigenvalue weighted by Gasteiger charge is 2.26. The summed E-state index contributed by atoms with van der Waals surface area (Å²) in [5.41, 5.74) is 0.613. The van der Waals surface area contributed by atoms with E-state index >= 15 is 0 Å². The van der Waals surface area contributed by atoms with Crippen LogP contribution in [0.25, 0.3) is 10.9 Å². The fourth-order valence-electron chi connectivity index (χ4n) is 3.72. The van der Waals surface area contributed by atoms with E-state index in [0.717, 1.165) is 43.0 Å². The molecule has 1 saturated heterocycles. The number of para-hydroxylation sites is 1. The smallest absolute Gasteiger partial charge is 0.228 e. The maximum Gasteiger partial charge on any atom is 0.228 e. The normalized spacial score (nSPS) is 15.3. The number of phenols is 1. The second-order valence-electron chi connectivity index (χ2n) is 7.52. The summed E-state index contributed by atoms with van der Waals surface area (Å²) in [6.45, 7) is 5.59. The Hall–Kier alpha value is -3.09. The van der Waals surface area contributed by atoms with Gasteiger partial charge in [-0.3, -0.25) is 4.79 Å². The van der Waals surface area contributed by atoms with E-state index in [1.54, 1.807) is 12.3 Å². The van der Waals surface area contributed by atoms with Crippen molar-refractivity contribution in [2.45, 2.75) is 32.7 Å². The van der Waals surface area contributed by atoms with E-state index in [-0.39, 0.29) is 23.6 Å². The number of fused-ring (bicyclic) bond motifs is 1. The molecule has 0 spiro atoms. The van der Waals surface area contributed by atoms with Crippen LogP contribution in [0.2, 0.25) is 0 Å². The molecule has 7 heteroatoms. The molecule has 0 radical (unpaired) electrons. The molecule has 2 aromatic heterocycles. The molecule has 3 aromatic rings. The highest BCUT2D eigenvalue weighted by molar-refractivity contribution is 5.92. The molecule has 146 valence electrons. The molecule has 3 heterocycles. The predicted octanol–water partition coefficient (Wildman–Crippen LogP) is 3.57. The molecule has 1 amide bonds. The molecule has 2 N–H and O–H groups in total. The van der Waals surface area contributed by atoms with Gasteiger partial charge in [0.15, 0.2) is 0 Å². The number of pyridine rings is 1. The standard InChI is InChI=1S/C21H25N5O2/c1-14(2)26-19(8-11-22-26)24-21(28)16-9-12-25(13-10-16)18-7-6-15-4-3-5-17(27)20(15)23-18/h3-8,11,14,16,27H,9-10,12-13H2,1-2H3,(H,24,28). The van der Waals surface area contributed by atoms with Gasteiger partial charge in [0.1, 0.15) is 22.9 Å². The zero-order chi connectivity index (χ0) is 19.7. The minimum Gasteiger partial charge on any atom is -0.506 e. The number of aromatic nitrogens is 3. The number of rotatable bonds is 4. The van der Waals surface area contributed by atoms with Crippen molar-refractivity contribution in [3.8, 4) is 5.75 Å². The van der Waals surface area contributed by atoms with E-state index in [2.05, 4.69) is 20.3 Å². The zero-order valence-corrected chi connectivity index (χ0v) is 16.2. The van der Waals surface area contributed by atoms with Crippen LogP contribution in [0.1, 0.15) is 32.7 Å². The number of piperidine rings is 1. The number of nitrogens with one attached hydrogen (secondary N) is 1. The van der Waals surface area contributed by atoms with Crippen molar-refractivity contribution in [1.82, 2.24) is 14.8 Å². The van der Waals surface area contributed by atoms with Gasteiger partial charge in [-0.25, -0.2) is 9.67 Å². The van der Waals surface area contributed by atoms with Crippen LogP contribution in [0.3, 0.4) is 0 Å². The van der Waals surface area contributed by atoms with Crippen LogP contribution in [-0.2, 0) is 4.79 Å². The summed E-state index contributed by atoms with van der Waals surface area (Å²) in [5, 5.41) is 18.3. The molecule has 1 aromatic carbocycles. The molecule has 0 unspecified atom stereocenters. The van der Waals surface area contributed by atoms with E-state index in [4.69, 9.17) is 0 Å². The Labute approximate surface area is 164 Å². The van der Waals surface area contributed by atoms with E-state index in [9.17, 15) is 9.90 Å². The monoisotopic (exact) mass is 379 g/mol. The Morgan fingerprint density at radius 1 is 1.18 bits per heavy atom. The van der Waals surface area contributed by atoms with Crippen molar-refractivity contribution in [1.29, 1.82) is 0 Å².